The van der Waals surface area contributed by atoms with Gasteiger partial charge in [-0.1, -0.05) is 48.5 Å². The maximum Gasteiger partial charge on any atom is 0.355 e. The third kappa shape index (κ3) is 11.9. The summed E-state index contributed by atoms with van der Waals surface area (Å²) in [7, 11) is -0.671. The molecule has 0 saturated heterocycles. The third-order valence-corrected chi connectivity index (χ3v) is 7.29. The molecular formula is C30H46N4O8S. The molecule has 0 bridgehead atoms. The number of likely N-dealkylation sites (N-methyl/N-ethyl adjacent to an activating group) is 1. The molecule has 2 rings (SSSR count). The highest BCUT2D eigenvalue weighted by Crippen LogP contribution is 2.31. The van der Waals surface area contributed by atoms with Gasteiger partial charge in [-0.15, -0.1) is 0 Å². The lowest BCUT2D eigenvalue weighted by atomic mass is 10.1. The first-order valence-electron chi connectivity index (χ1n) is 14.1. The van der Waals surface area contributed by atoms with Gasteiger partial charge in [0.05, 0.1) is 17.9 Å². The lowest BCUT2D eigenvalue weighted by molar-refractivity contribution is -0.277. The fourth-order valence-corrected chi connectivity index (χ4v) is 5.25. The van der Waals surface area contributed by atoms with E-state index in [1.807, 2.05) is 25.1 Å². The van der Waals surface area contributed by atoms with Crippen LogP contribution < -0.4 is 15.4 Å². The van der Waals surface area contributed by atoms with Crippen LogP contribution >= 0.6 is 0 Å². The average Bonchev–Trinajstić information content (AvgIpc) is 2.92. The van der Waals surface area contributed by atoms with E-state index in [0.29, 0.717) is 18.7 Å². The van der Waals surface area contributed by atoms with Crippen LogP contribution in [0.15, 0.2) is 65.6 Å². The van der Waals surface area contributed by atoms with Crippen LogP contribution in [0.3, 0.4) is 0 Å². The van der Waals surface area contributed by atoms with Gasteiger partial charge in [0.15, 0.2) is 0 Å². The lowest BCUT2D eigenvalue weighted by Gasteiger charge is -2.42. The van der Waals surface area contributed by atoms with Gasteiger partial charge in [0.1, 0.15) is 5.60 Å². The topological polar surface area (TPSA) is 145 Å². The molecule has 0 saturated carbocycles. The summed E-state index contributed by atoms with van der Waals surface area (Å²) in [5, 5.41) is 5.39. The molecule has 0 aliphatic rings. The molecule has 43 heavy (non-hydrogen) atoms. The summed E-state index contributed by atoms with van der Waals surface area (Å²) in [4.78, 5) is 29.0. The van der Waals surface area contributed by atoms with Crippen LogP contribution in [0.4, 0.5) is 4.79 Å². The van der Waals surface area contributed by atoms with Crippen molar-refractivity contribution in [3.8, 4) is 0 Å². The molecule has 2 aromatic rings. The monoisotopic (exact) mass is 622 g/mol. The van der Waals surface area contributed by atoms with Gasteiger partial charge in [0.2, 0.25) is 15.7 Å². The second kappa shape index (κ2) is 16.1. The zero-order valence-electron chi connectivity index (χ0n) is 26.1. The Bertz CT molecular complexity index is 1250. The first-order valence-corrected chi connectivity index (χ1v) is 15.6. The fourth-order valence-electron chi connectivity index (χ4n) is 3.97. The average molecular weight is 623 g/mol. The van der Waals surface area contributed by atoms with Crippen molar-refractivity contribution in [1.82, 2.24) is 20.3 Å². The van der Waals surface area contributed by atoms with E-state index in [1.54, 1.807) is 77.1 Å². The second-order valence-electron chi connectivity index (χ2n) is 11.0. The minimum atomic E-state index is -4.40. The van der Waals surface area contributed by atoms with E-state index >= 15 is 0 Å². The predicted octanol–water partition coefficient (Wildman–Crippen LogP) is 3.20. The Morgan fingerprint density at radius 3 is 1.93 bits per heavy atom. The van der Waals surface area contributed by atoms with Gasteiger partial charge in [-0.2, -0.15) is 4.72 Å². The molecule has 0 aliphatic carbocycles. The van der Waals surface area contributed by atoms with E-state index in [0.717, 1.165) is 0 Å². The zero-order chi connectivity index (χ0) is 32.2. The van der Waals surface area contributed by atoms with E-state index in [-0.39, 0.29) is 24.7 Å². The summed E-state index contributed by atoms with van der Waals surface area (Å²) in [6.45, 7) is 9.02. The molecule has 12 nitrogen and oxygen atoms in total. The van der Waals surface area contributed by atoms with Gasteiger partial charge in [0, 0.05) is 26.3 Å². The molecule has 1 unspecified atom stereocenters. The molecule has 240 valence electrons. The highest BCUT2D eigenvalue weighted by molar-refractivity contribution is 7.89. The SMILES string of the molecule is CCOC(CC(NS(=O)(=O)c1ccccc1)(OCc1ccccc1)C(=O)OC(C)(C)C)(NC(=O)NCCN(C)C)OCC. The van der Waals surface area contributed by atoms with Crippen molar-refractivity contribution in [3.05, 3.63) is 66.2 Å². The number of nitrogens with zero attached hydrogens (tertiary/aromatic N) is 1. The molecule has 0 aliphatic heterocycles. The van der Waals surface area contributed by atoms with Crippen LogP contribution in [0.2, 0.25) is 0 Å². The van der Waals surface area contributed by atoms with Crippen LogP contribution in [0, 0.1) is 0 Å². The number of benzene rings is 2. The van der Waals surface area contributed by atoms with Crippen LogP contribution in [0.25, 0.3) is 0 Å². The Kier molecular flexibility index (Phi) is 13.5. The lowest BCUT2D eigenvalue weighted by Crippen LogP contribution is -2.66. The summed E-state index contributed by atoms with van der Waals surface area (Å²) in [5.41, 5.74) is -2.81. The number of esters is 1. The number of hydrogen-bond donors (Lipinski definition) is 3. The fraction of sp³-hybridized carbons (Fsp3) is 0.533. The number of ether oxygens (including phenoxy) is 4. The molecule has 0 fully saturated rings. The molecule has 0 radical (unpaired) electrons. The Morgan fingerprint density at radius 1 is 0.860 bits per heavy atom. The number of rotatable bonds is 17. The van der Waals surface area contributed by atoms with Crippen molar-refractivity contribution in [2.24, 2.45) is 0 Å². The predicted molar refractivity (Wildman–Crippen MR) is 162 cm³/mol. The third-order valence-electron chi connectivity index (χ3n) is 5.79. The molecular weight excluding hydrogens is 576 g/mol. The van der Waals surface area contributed by atoms with Crippen LogP contribution in [-0.4, -0.2) is 83.0 Å². The summed E-state index contributed by atoms with van der Waals surface area (Å²) in [5.74, 6) is -3.06. The van der Waals surface area contributed by atoms with E-state index in [9.17, 15) is 18.0 Å². The minimum Gasteiger partial charge on any atom is -0.457 e. The number of carbonyl (C=O) groups excluding carboxylic acids is 2. The van der Waals surface area contributed by atoms with E-state index in [4.69, 9.17) is 18.9 Å². The van der Waals surface area contributed by atoms with Crippen molar-refractivity contribution in [1.29, 1.82) is 0 Å². The maximum absolute atomic E-state index is 14.1. The van der Waals surface area contributed by atoms with Crippen molar-refractivity contribution >= 4 is 22.0 Å². The van der Waals surface area contributed by atoms with Crippen molar-refractivity contribution in [3.63, 3.8) is 0 Å². The normalized spacial score (nSPS) is 13.8. The van der Waals surface area contributed by atoms with Gasteiger partial charge in [-0.25, -0.2) is 18.0 Å². The number of carbonyl (C=O) groups is 2. The number of urea groups is 1. The first-order chi connectivity index (χ1) is 20.2. The summed E-state index contributed by atoms with van der Waals surface area (Å²) in [6.07, 6.45) is -0.642. The molecule has 0 heterocycles. The van der Waals surface area contributed by atoms with E-state index in [2.05, 4.69) is 15.4 Å². The number of amides is 2. The summed E-state index contributed by atoms with van der Waals surface area (Å²) >= 11 is 0. The molecule has 2 amide bonds. The van der Waals surface area contributed by atoms with Gasteiger partial charge in [0.25, 0.3) is 5.91 Å². The van der Waals surface area contributed by atoms with E-state index in [1.165, 1.54) is 12.1 Å². The highest BCUT2D eigenvalue weighted by atomic mass is 32.2. The van der Waals surface area contributed by atoms with Crippen LogP contribution in [0.5, 0.6) is 0 Å². The number of sulfonamides is 1. The Balaban J connectivity index is 2.69. The van der Waals surface area contributed by atoms with Crippen molar-refractivity contribution < 1.29 is 37.0 Å². The Hall–Kier alpha value is -3.07. The second-order valence-corrected chi connectivity index (χ2v) is 12.7. The van der Waals surface area contributed by atoms with Gasteiger partial charge < -0.3 is 29.2 Å². The molecule has 1 atom stereocenters. The molecule has 0 spiro atoms. The number of hydrogen-bond acceptors (Lipinski definition) is 9. The Morgan fingerprint density at radius 2 is 1.42 bits per heavy atom. The van der Waals surface area contributed by atoms with Gasteiger partial charge in [-0.05, 0) is 66.4 Å². The van der Waals surface area contributed by atoms with Crippen molar-refractivity contribution in [2.75, 3.05) is 40.4 Å². The molecule has 2 aromatic carbocycles. The maximum atomic E-state index is 14.1. The quantitative estimate of drug-likeness (QED) is 0.179. The number of nitrogens with one attached hydrogen (secondary N) is 3. The van der Waals surface area contributed by atoms with E-state index < -0.39 is 45.7 Å². The zero-order valence-corrected chi connectivity index (χ0v) is 27.0. The molecule has 0 aromatic heterocycles. The largest absolute Gasteiger partial charge is 0.457 e. The van der Waals surface area contributed by atoms with Crippen LogP contribution in [0.1, 0.15) is 46.6 Å². The van der Waals surface area contributed by atoms with Gasteiger partial charge >= 0.3 is 12.0 Å². The summed E-state index contributed by atoms with van der Waals surface area (Å²) in [6, 6.07) is 15.8. The smallest absolute Gasteiger partial charge is 0.355 e. The summed E-state index contributed by atoms with van der Waals surface area (Å²) < 4.78 is 53.9. The first kappa shape index (κ1) is 36.1. The van der Waals surface area contributed by atoms with Crippen molar-refractivity contribution in [2.45, 2.75) is 69.8 Å². The van der Waals surface area contributed by atoms with Crippen LogP contribution in [-0.2, 0) is 40.4 Å². The minimum absolute atomic E-state index is 0.0342. The van der Waals surface area contributed by atoms with Gasteiger partial charge in [-0.3, -0.25) is 5.32 Å². The Labute approximate surface area is 255 Å². The molecule has 13 heteroatoms. The highest BCUT2D eigenvalue weighted by Gasteiger charge is 2.54. The molecule has 3 N–H and O–H groups in total. The standard InChI is InChI=1S/C30H46N4O8S/c1-8-39-30(40-9-2,32-27(36)31-20-21-34(6)7)23-29(26(35)42-28(3,4)5,41-22-24-16-12-10-13-17-24)33-43(37,38)25-18-14-11-15-19-25/h10-19,33H,8-9,20-23H2,1-7H3,(H2,31,32,36).